The molecule has 3 rings (SSSR count). The van der Waals surface area contributed by atoms with Crippen molar-refractivity contribution < 1.29 is 27.4 Å². The minimum atomic E-state index is -3.66. The van der Waals surface area contributed by atoms with Gasteiger partial charge in [0.15, 0.2) is 0 Å². The van der Waals surface area contributed by atoms with Gasteiger partial charge in [-0.1, -0.05) is 6.92 Å². The molecule has 0 atom stereocenters. The molecule has 1 aliphatic heterocycles. The maximum Gasteiger partial charge on any atom is 0.349 e. The smallest absolute Gasteiger partial charge is 0.349 e. The van der Waals surface area contributed by atoms with E-state index in [1.54, 1.807) is 17.5 Å². The fourth-order valence-corrected chi connectivity index (χ4v) is 5.73. The summed E-state index contributed by atoms with van der Waals surface area (Å²) in [5.41, 5.74) is 0. The Morgan fingerprint density at radius 2 is 1.62 bits per heavy atom. The van der Waals surface area contributed by atoms with Gasteiger partial charge in [0, 0.05) is 13.1 Å². The van der Waals surface area contributed by atoms with Gasteiger partial charge in [-0.2, -0.15) is 4.31 Å². The molecule has 2 aromatic rings. The van der Waals surface area contributed by atoms with Crippen LogP contribution in [-0.4, -0.2) is 51.6 Å². The van der Waals surface area contributed by atoms with Gasteiger partial charge in [0.2, 0.25) is 10.0 Å². The molecule has 158 valence electrons. The summed E-state index contributed by atoms with van der Waals surface area (Å²) in [6.07, 6.45) is 2.62. The van der Waals surface area contributed by atoms with Gasteiger partial charge in [0.05, 0.1) is 6.61 Å². The van der Waals surface area contributed by atoms with E-state index in [0.29, 0.717) is 25.4 Å². The lowest BCUT2D eigenvalue weighted by molar-refractivity contribution is 0.0452. The quantitative estimate of drug-likeness (QED) is 0.416. The number of ether oxygens (including phenoxy) is 3. The molecule has 1 aromatic carbocycles. The lowest BCUT2D eigenvalue weighted by atomic mass is 10.3. The first-order valence-corrected chi connectivity index (χ1v) is 11.9. The van der Waals surface area contributed by atoms with Gasteiger partial charge in [-0.3, -0.25) is 0 Å². The monoisotopic (exact) mass is 439 g/mol. The van der Waals surface area contributed by atoms with Gasteiger partial charge in [0.25, 0.3) is 0 Å². The second-order valence-electron chi connectivity index (χ2n) is 6.53. The van der Waals surface area contributed by atoms with E-state index in [0.717, 1.165) is 36.3 Å². The largest absolute Gasteiger partial charge is 0.494 e. The number of sulfonamides is 1. The van der Waals surface area contributed by atoms with Crippen molar-refractivity contribution in [1.29, 1.82) is 0 Å². The summed E-state index contributed by atoms with van der Waals surface area (Å²) < 4.78 is 43.1. The Balaban J connectivity index is 1.50. The predicted molar refractivity (Wildman–Crippen MR) is 110 cm³/mol. The third kappa shape index (κ3) is 5.49. The standard InChI is InChI=1S/C20H25NO6S2/c1-2-12-25-16-5-7-17(8-6-16)26-13-14-27-20(22)19-18(9-15-28-19)29(23,24)21-10-3-4-11-21/h5-9,15H,2-4,10-14H2,1H3. The molecule has 0 amide bonds. The topological polar surface area (TPSA) is 82.1 Å². The van der Waals surface area contributed by atoms with E-state index in [4.69, 9.17) is 14.2 Å². The van der Waals surface area contributed by atoms with Crippen LogP contribution in [0.3, 0.4) is 0 Å². The molecule has 2 heterocycles. The van der Waals surface area contributed by atoms with E-state index in [9.17, 15) is 13.2 Å². The number of thiophene rings is 1. The Morgan fingerprint density at radius 1 is 1.00 bits per heavy atom. The molecular formula is C20H25NO6S2. The molecule has 9 heteroatoms. The van der Waals surface area contributed by atoms with Crippen LogP contribution >= 0.6 is 11.3 Å². The van der Waals surface area contributed by atoms with Crippen molar-refractivity contribution in [2.75, 3.05) is 32.9 Å². The van der Waals surface area contributed by atoms with Crippen molar-refractivity contribution in [2.24, 2.45) is 0 Å². The van der Waals surface area contributed by atoms with Crippen LogP contribution in [0, 0.1) is 0 Å². The van der Waals surface area contributed by atoms with Crippen LogP contribution in [0.1, 0.15) is 35.9 Å². The number of hydrogen-bond donors (Lipinski definition) is 0. The van der Waals surface area contributed by atoms with Gasteiger partial charge in [0.1, 0.15) is 34.5 Å². The zero-order valence-corrected chi connectivity index (χ0v) is 18.0. The lowest BCUT2D eigenvalue weighted by Gasteiger charge is -2.15. The Morgan fingerprint density at radius 3 is 2.24 bits per heavy atom. The van der Waals surface area contributed by atoms with E-state index >= 15 is 0 Å². The second kappa shape index (κ2) is 10.1. The molecule has 1 saturated heterocycles. The molecule has 0 saturated carbocycles. The van der Waals surface area contributed by atoms with E-state index in [-0.39, 0.29) is 23.0 Å². The fourth-order valence-electron chi connectivity index (χ4n) is 2.93. The van der Waals surface area contributed by atoms with Crippen molar-refractivity contribution in [3.8, 4) is 11.5 Å². The van der Waals surface area contributed by atoms with Gasteiger partial charge >= 0.3 is 5.97 Å². The SMILES string of the molecule is CCCOc1ccc(OCCOC(=O)c2sccc2S(=O)(=O)N2CCCC2)cc1. The first-order valence-electron chi connectivity index (χ1n) is 9.63. The summed E-state index contributed by atoms with van der Waals surface area (Å²) in [6.45, 7) is 3.87. The first kappa shape index (κ1) is 21.6. The molecule has 0 spiro atoms. The van der Waals surface area contributed by atoms with Crippen molar-refractivity contribution in [3.05, 3.63) is 40.6 Å². The van der Waals surface area contributed by atoms with Gasteiger partial charge < -0.3 is 14.2 Å². The van der Waals surface area contributed by atoms with Crippen LogP contribution in [0.2, 0.25) is 0 Å². The third-order valence-electron chi connectivity index (χ3n) is 4.38. The molecule has 0 bridgehead atoms. The van der Waals surface area contributed by atoms with E-state index in [1.807, 2.05) is 19.1 Å². The predicted octanol–water partition coefficient (Wildman–Crippen LogP) is 3.56. The van der Waals surface area contributed by atoms with Crippen LogP contribution in [0.15, 0.2) is 40.6 Å². The number of rotatable bonds is 10. The summed E-state index contributed by atoms with van der Waals surface area (Å²) in [7, 11) is -3.66. The van der Waals surface area contributed by atoms with Gasteiger partial charge in [-0.25, -0.2) is 13.2 Å². The van der Waals surface area contributed by atoms with E-state index < -0.39 is 16.0 Å². The molecule has 0 unspecified atom stereocenters. The summed E-state index contributed by atoms with van der Waals surface area (Å²) in [6, 6.07) is 8.67. The van der Waals surface area contributed by atoms with Crippen LogP contribution < -0.4 is 9.47 Å². The maximum atomic E-state index is 12.7. The molecule has 0 N–H and O–H groups in total. The molecule has 29 heavy (non-hydrogen) atoms. The zero-order valence-electron chi connectivity index (χ0n) is 16.3. The van der Waals surface area contributed by atoms with Crippen molar-refractivity contribution in [1.82, 2.24) is 4.31 Å². The molecule has 1 aliphatic rings. The molecule has 1 fully saturated rings. The summed E-state index contributed by atoms with van der Waals surface area (Å²) >= 11 is 1.07. The summed E-state index contributed by atoms with van der Waals surface area (Å²) in [5.74, 6) is 0.762. The summed E-state index contributed by atoms with van der Waals surface area (Å²) in [4.78, 5) is 12.5. The van der Waals surface area contributed by atoms with Crippen LogP contribution in [0.4, 0.5) is 0 Å². The average Bonchev–Trinajstić information content (AvgIpc) is 3.43. The molecule has 0 radical (unpaired) electrons. The Bertz CT molecular complexity index is 901. The van der Waals surface area contributed by atoms with Crippen molar-refractivity contribution in [3.63, 3.8) is 0 Å². The minimum Gasteiger partial charge on any atom is -0.494 e. The molecule has 0 aliphatic carbocycles. The average molecular weight is 440 g/mol. The van der Waals surface area contributed by atoms with Crippen molar-refractivity contribution >= 4 is 27.3 Å². The molecular weight excluding hydrogens is 414 g/mol. The Labute approximate surface area is 175 Å². The Hall–Kier alpha value is -2.10. The van der Waals surface area contributed by atoms with Crippen LogP contribution in [0.5, 0.6) is 11.5 Å². The van der Waals surface area contributed by atoms with Gasteiger partial charge in [-0.05, 0) is 55.0 Å². The van der Waals surface area contributed by atoms with Crippen molar-refractivity contribution in [2.45, 2.75) is 31.1 Å². The third-order valence-corrected chi connectivity index (χ3v) is 7.34. The molecule has 7 nitrogen and oxygen atoms in total. The maximum absolute atomic E-state index is 12.7. The Kier molecular flexibility index (Phi) is 7.51. The van der Waals surface area contributed by atoms with Gasteiger partial charge in [-0.15, -0.1) is 11.3 Å². The zero-order chi connectivity index (χ0) is 20.7. The summed E-state index contributed by atoms with van der Waals surface area (Å²) in [5, 5.41) is 1.60. The highest BCUT2D eigenvalue weighted by Crippen LogP contribution is 2.28. The number of carbonyl (C=O) groups excluding carboxylic acids is 1. The number of benzene rings is 1. The minimum absolute atomic E-state index is 0.0218. The normalized spacial score (nSPS) is 14.7. The number of hydrogen-bond acceptors (Lipinski definition) is 7. The highest BCUT2D eigenvalue weighted by Gasteiger charge is 2.32. The lowest BCUT2D eigenvalue weighted by Crippen LogP contribution is -2.28. The number of carbonyl (C=O) groups is 1. The number of esters is 1. The highest BCUT2D eigenvalue weighted by atomic mass is 32.2. The molecule has 1 aromatic heterocycles. The van der Waals surface area contributed by atoms with Crippen LogP contribution in [0.25, 0.3) is 0 Å². The second-order valence-corrected chi connectivity index (χ2v) is 9.35. The van der Waals surface area contributed by atoms with E-state index in [1.165, 1.54) is 10.4 Å². The number of nitrogens with zero attached hydrogens (tertiary/aromatic N) is 1. The van der Waals surface area contributed by atoms with E-state index in [2.05, 4.69) is 0 Å². The van der Waals surface area contributed by atoms with Crippen LogP contribution in [-0.2, 0) is 14.8 Å². The fraction of sp³-hybridized carbons (Fsp3) is 0.450. The highest BCUT2D eigenvalue weighted by molar-refractivity contribution is 7.89. The first-order chi connectivity index (χ1) is 14.0.